The molecule has 0 N–H and O–H groups in total. The number of benzene rings is 3. The fourth-order valence-electron chi connectivity index (χ4n) is 5.54. The first-order valence-corrected chi connectivity index (χ1v) is 17.9. The molecule has 4 aromatic rings. The Morgan fingerprint density at radius 2 is 1.67 bits per heavy atom. The number of sulfonamides is 1. The lowest BCUT2D eigenvalue weighted by Crippen LogP contribution is -2.48. The van der Waals surface area contributed by atoms with Crippen LogP contribution in [-0.4, -0.2) is 63.4 Å². The van der Waals surface area contributed by atoms with Gasteiger partial charge in [-0.2, -0.15) is 0 Å². The predicted octanol–water partition coefficient (Wildman–Crippen LogP) is 8.04. The molecule has 2 heterocycles. The van der Waals surface area contributed by atoms with Crippen LogP contribution in [0.25, 0.3) is 5.57 Å². The molecule has 52 heavy (non-hydrogen) atoms. The number of carbonyl (C=O) groups excluding carboxylic acids is 1. The zero-order valence-electron chi connectivity index (χ0n) is 29.0. The Balaban J connectivity index is 1.48. The standard InChI is InChI=1S/C37H37ClF3N3O7S/c1-37(2,3)51-36(45)43-16-6-7-28(23-8-11-25(39)12-9-23)31(43)22-50-33-19-30(41)34(18-29(33)38)52(46,47)44(35-15-13-26(40)20-42-35)21-24-10-14-27(48-4)17-32(24)49-5/h7-15,17-20,31H,6,16,21-22H2,1-5H3. The number of halogens is 4. The number of carbonyl (C=O) groups is 1. The molecular formula is C37H37ClF3N3O7S. The van der Waals surface area contributed by atoms with E-state index < -0.39 is 50.1 Å². The van der Waals surface area contributed by atoms with Crippen LogP contribution in [0.4, 0.5) is 23.8 Å². The lowest BCUT2D eigenvalue weighted by atomic mass is 9.93. The van der Waals surface area contributed by atoms with Crippen molar-refractivity contribution in [2.75, 3.05) is 31.7 Å². The summed E-state index contributed by atoms with van der Waals surface area (Å²) < 4.78 is 95.1. The van der Waals surface area contributed by atoms with E-state index in [1.807, 2.05) is 6.08 Å². The zero-order chi connectivity index (χ0) is 37.8. The molecule has 15 heteroatoms. The van der Waals surface area contributed by atoms with Gasteiger partial charge in [-0.05, 0) is 80.8 Å². The number of hydrogen-bond acceptors (Lipinski definition) is 8. The number of rotatable bonds is 11. The quantitative estimate of drug-likeness (QED) is 0.151. The van der Waals surface area contributed by atoms with Crippen LogP contribution in [-0.2, 0) is 21.3 Å². The van der Waals surface area contributed by atoms with Gasteiger partial charge in [-0.25, -0.2) is 35.7 Å². The summed E-state index contributed by atoms with van der Waals surface area (Å²) in [5, 5.41) is -0.249. The maximum absolute atomic E-state index is 16.0. The van der Waals surface area contributed by atoms with Crippen LogP contribution in [0.1, 0.15) is 38.3 Å². The number of pyridine rings is 1. The van der Waals surface area contributed by atoms with Gasteiger partial charge < -0.3 is 18.9 Å². The SMILES string of the molecule is COc1ccc(CN(c2ccc(F)cn2)S(=O)(=O)c2cc(Cl)c(OCC3C(c4ccc(F)cc4)=CCCN3C(=O)OC(C)(C)C)cc2F)c(OC)c1. The van der Waals surface area contributed by atoms with Gasteiger partial charge in [0.2, 0.25) is 0 Å². The van der Waals surface area contributed by atoms with Gasteiger partial charge in [0.25, 0.3) is 10.0 Å². The van der Waals surface area contributed by atoms with Gasteiger partial charge in [-0.3, -0.25) is 4.90 Å². The molecular weight excluding hydrogens is 723 g/mol. The molecule has 0 saturated carbocycles. The smallest absolute Gasteiger partial charge is 0.410 e. The van der Waals surface area contributed by atoms with Crippen molar-refractivity contribution < 1.29 is 45.3 Å². The van der Waals surface area contributed by atoms with E-state index in [2.05, 4.69) is 4.98 Å². The average molecular weight is 760 g/mol. The highest BCUT2D eigenvalue weighted by Crippen LogP contribution is 2.36. The van der Waals surface area contributed by atoms with Crippen molar-refractivity contribution in [1.82, 2.24) is 9.88 Å². The van der Waals surface area contributed by atoms with Crippen molar-refractivity contribution >= 4 is 39.1 Å². The van der Waals surface area contributed by atoms with E-state index in [0.717, 1.165) is 34.8 Å². The molecule has 0 radical (unpaired) electrons. The van der Waals surface area contributed by atoms with Gasteiger partial charge in [0, 0.05) is 24.2 Å². The fourth-order valence-corrected chi connectivity index (χ4v) is 7.29. The molecule has 1 aromatic heterocycles. The van der Waals surface area contributed by atoms with Crippen LogP contribution in [0, 0.1) is 17.5 Å². The van der Waals surface area contributed by atoms with Gasteiger partial charge in [-0.1, -0.05) is 29.8 Å². The van der Waals surface area contributed by atoms with E-state index in [1.165, 1.54) is 31.3 Å². The first-order valence-electron chi connectivity index (χ1n) is 16.0. The number of anilines is 1. The van der Waals surface area contributed by atoms with Crippen molar-refractivity contribution in [3.63, 3.8) is 0 Å². The number of ether oxygens (including phenoxy) is 4. The third-order valence-corrected chi connectivity index (χ3v) is 10.1. The summed E-state index contributed by atoms with van der Waals surface area (Å²) >= 11 is 6.56. The van der Waals surface area contributed by atoms with Crippen molar-refractivity contribution in [3.8, 4) is 17.2 Å². The Bertz CT molecular complexity index is 2060. The van der Waals surface area contributed by atoms with E-state index in [-0.39, 0.29) is 42.0 Å². The van der Waals surface area contributed by atoms with Crippen LogP contribution < -0.4 is 18.5 Å². The molecule has 1 aliphatic heterocycles. The molecule has 0 aliphatic carbocycles. The van der Waals surface area contributed by atoms with Crippen molar-refractivity contribution in [3.05, 3.63) is 113 Å². The van der Waals surface area contributed by atoms with Crippen LogP contribution in [0.5, 0.6) is 17.2 Å². The topological polar surface area (TPSA) is 108 Å². The molecule has 1 atom stereocenters. The summed E-state index contributed by atoms with van der Waals surface area (Å²) in [6.07, 6.45) is 2.60. The monoisotopic (exact) mass is 759 g/mol. The summed E-state index contributed by atoms with van der Waals surface area (Å²) in [6, 6.07) is 13.6. The number of hydrogen-bond donors (Lipinski definition) is 0. The van der Waals surface area contributed by atoms with Gasteiger partial charge in [-0.15, -0.1) is 0 Å². The summed E-state index contributed by atoms with van der Waals surface area (Å²) in [7, 11) is -1.91. The Labute approximate surface area is 305 Å². The van der Waals surface area contributed by atoms with E-state index in [4.69, 9.17) is 30.5 Å². The van der Waals surface area contributed by atoms with Gasteiger partial charge in [0.05, 0.1) is 38.0 Å². The number of nitrogens with zero attached hydrogens (tertiary/aromatic N) is 3. The minimum absolute atomic E-state index is 0.199. The van der Waals surface area contributed by atoms with Gasteiger partial charge >= 0.3 is 6.09 Å². The Morgan fingerprint density at radius 3 is 2.31 bits per heavy atom. The minimum atomic E-state index is -4.76. The lowest BCUT2D eigenvalue weighted by molar-refractivity contribution is 0.0162. The first-order chi connectivity index (χ1) is 24.6. The van der Waals surface area contributed by atoms with E-state index in [9.17, 15) is 22.0 Å². The van der Waals surface area contributed by atoms with E-state index >= 15 is 4.39 Å². The molecule has 276 valence electrons. The Morgan fingerprint density at radius 1 is 0.962 bits per heavy atom. The summed E-state index contributed by atoms with van der Waals surface area (Å²) in [5.74, 6) is -2.02. The van der Waals surface area contributed by atoms with Crippen LogP contribution >= 0.6 is 11.6 Å². The number of amides is 1. The maximum atomic E-state index is 16.0. The van der Waals surface area contributed by atoms with Crippen molar-refractivity contribution in [1.29, 1.82) is 0 Å². The molecule has 3 aromatic carbocycles. The molecule has 0 spiro atoms. The minimum Gasteiger partial charge on any atom is -0.497 e. The molecule has 0 fully saturated rings. The molecule has 0 saturated heterocycles. The van der Waals surface area contributed by atoms with Crippen LogP contribution in [0.3, 0.4) is 0 Å². The molecule has 1 aliphatic rings. The second-order valence-electron chi connectivity index (χ2n) is 12.7. The highest BCUT2D eigenvalue weighted by Gasteiger charge is 2.35. The van der Waals surface area contributed by atoms with Crippen molar-refractivity contribution in [2.24, 2.45) is 0 Å². The molecule has 0 bridgehead atoms. The van der Waals surface area contributed by atoms with Gasteiger partial charge in [0.15, 0.2) is 0 Å². The normalized spacial score (nSPS) is 14.8. The second-order valence-corrected chi connectivity index (χ2v) is 14.9. The zero-order valence-corrected chi connectivity index (χ0v) is 30.6. The average Bonchev–Trinajstić information content (AvgIpc) is 3.10. The molecule has 5 rings (SSSR count). The van der Waals surface area contributed by atoms with Crippen molar-refractivity contribution in [2.45, 2.75) is 50.3 Å². The predicted molar refractivity (Wildman–Crippen MR) is 190 cm³/mol. The Kier molecular flexibility index (Phi) is 11.6. The lowest BCUT2D eigenvalue weighted by Gasteiger charge is -2.37. The molecule has 1 amide bonds. The first kappa shape index (κ1) is 38.3. The summed E-state index contributed by atoms with van der Waals surface area (Å²) in [6.45, 7) is 4.85. The third kappa shape index (κ3) is 8.73. The molecule has 10 nitrogen and oxygen atoms in total. The van der Waals surface area contributed by atoms with Gasteiger partial charge in [0.1, 0.15) is 57.6 Å². The van der Waals surface area contributed by atoms with E-state index in [0.29, 0.717) is 28.9 Å². The highest BCUT2D eigenvalue weighted by molar-refractivity contribution is 7.92. The Hall–Kier alpha value is -4.95. The number of aromatic nitrogens is 1. The maximum Gasteiger partial charge on any atom is 0.410 e. The second kappa shape index (κ2) is 15.7. The van der Waals surface area contributed by atoms with E-state index in [1.54, 1.807) is 51.1 Å². The molecule has 1 unspecified atom stereocenters. The summed E-state index contributed by atoms with van der Waals surface area (Å²) in [4.78, 5) is 17.9. The third-order valence-electron chi connectivity index (χ3n) is 8.00. The number of methoxy groups -OCH3 is 2. The van der Waals surface area contributed by atoms with Crippen LogP contribution in [0.15, 0.2) is 83.9 Å². The highest BCUT2D eigenvalue weighted by atomic mass is 35.5. The fraction of sp³-hybridized carbons (Fsp3) is 0.297. The summed E-state index contributed by atoms with van der Waals surface area (Å²) in [5.41, 5.74) is 0.842. The largest absolute Gasteiger partial charge is 0.497 e. The van der Waals surface area contributed by atoms with Crippen LogP contribution in [0.2, 0.25) is 5.02 Å².